The van der Waals surface area contributed by atoms with Crippen LogP contribution in [-0.2, 0) is 0 Å². The van der Waals surface area contributed by atoms with Gasteiger partial charge in [-0.25, -0.2) is 0 Å². The maximum absolute atomic E-state index is 11.9. The normalized spacial score (nSPS) is 16.3. The minimum atomic E-state index is 0.102. The SMILES string of the molecule is Cc1csc(C(=O)N2CCCC2)c1Cl. The highest BCUT2D eigenvalue weighted by Gasteiger charge is 2.23. The highest BCUT2D eigenvalue weighted by atomic mass is 35.5. The summed E-state index contributed by atoms with van der Waals surface area (Å²) < 4.78 is 0. The van der Waals surface area contributed by atoms with Crippen LogP contribution in [0.2, 0.25) is 5.02 Å². The maximum atomic E-state index is 11.9. The standard InChI is InChI=1S/C10H12ClNOS/c1-7-6-14-9(8(7)11)10(13)12-4-2-3-5-12/h6H,2-5H2,1H3. The van der Waals surface area contributed by atoms with Gasteiger partial charge in [-0.1, -0.05) is 11.6 Å². The summed E-state index contributed by atoms with van der Waals surface area (Å²) in [4.78, 5) is 14.5. The Balaban J connectivity index is 2.22. The number of amides is 1. The average Bonchev–Trinajstić information content (AvgIpc) is 2.77. The van der Waals surface area contributed by atoms with Gasteiger partial charge >= 0.3 is 0 Å². The van der Waals surface area contributed by atoms with Gasteiger partial charge in [0, 0.05) is 13.1 Å². The number of halogens is 1. The van der Waals surface area contributed by atoms with Crippen LogP contribution in [0.25, 0.3) is 0 Å². The molecule has 0 bridgehead atoms. The first-order valence-electron chi connectivity index (χ1n) is 4.73. The molecule has 1 aromatic rings. The molecular weight excluding hydrogens is 218 g/mol. The Kier molecular flexibility index (Phi) is 2.79. The summed E-state index contributed by atoms with van der Waals surface area (Å²) in [7, 11) is 0. The molecule has 0 aromatic carbocycles. The molecule has 1 amide bonds. The van der Waals surface area contributed by atoms with Gasteiger partial charge in [0.15, 0.2) is 0 Å². The Hall–Kier alpha value is -0.540. The summed E-state index contributed by atoms with van der Waals surface area (Å²) in [5, 5.41) is 2.57. The van der Waals surface area contributed by atoms with E-state index in [4.69, 9.17) is 11.6 Å². The number of likely N-dealkylation sites (tertiary alicyclic amines) is 1. The van der Waals surface area contributed by atoms with Gasteiger partial charge in [-0.2, -0.15) is 0 Å². The molecule has 14 heavy (non-hydrogen) atoms. The van der Waals surface area contributed by atoms with E-state index in [2.05, 4.69) is 0 Å². The Labute approximate surface area is 92.5 Å². The monoisotopic (exact) mass is 229 g/mol. The number of rotatable bonds is 1. The zero-order valence-corrected chi connectivity index (χ0v) is 9.62. The van der Waals surface area contributed by atoms with E-state index in [0.29, 0.717) is 9.90 Å². The molecule has 1 aliphatic heterocycles. The van der Waals surface area contributed by atoms with Crippen molar-refractivity contribution in [3.63, 3.8) is 0 Å². The summed E-state index contributed by atoms with van der Waals surface area (Å²) in [6, 6.07) is 0. The Morgan fingerprint density at radius 2 is 2.14 bits per heavy atom. The lowest BCUT2D eigenvalue weighted by atomic mass is 10.3. The number of hydrogen-bond donors (Lipinski definition) is 0. The van der Waals surface area contributed by atoms with Gasteiger partial charge in [0.1, 0.15) is 4.88 Å². The quantitative estimate of drug-likeness (QED) is 0.725. The van der Waals surface area contributed by atoms with Crippen LogP contribution in [-0.4, -0.2) is 23.9 Å². The average molecular weight is 230 g/mol. The van der Waals surface area contributed by atoms with Crippen molar-refractivity contribution in [2.75, 3.05) is 13.1 Å². The smallest absolute Gasteiger partial charge is 0.265 e. The second-order valence-corrected chi connectivity index (χ2v) is 4.82. The number of nitrogens with zero attached hydrogens (tertiary/aromatic N) is 1. The van der Waals surface area contributed by atoms with Crippen molar-refractivity contribution in [1.82, 2.24) is 4.90 Å². The van der Waals surface area contributed by atoms with Gasteiger partial charge in [0.2, 0.25) is 0 Å². The van der Waals surface area contributed by atoms with E-state index < -0.39 is 0 Å². The summed E-state index contributed by atoms with van der Waals surface area (Å²) in [6.07, 6.45) is 2.24. The van der Waals surface area contributed by atoms with E-state index >= 15 is 0 Å². The van der Waals surface area contributed by atoms with Gasteiger partial charge in [-0.05, 0) is 30.7 Å². The van der Waals surface area contributed by atoms with Crippen LogP contribution >= 0.6 is 22.9 Å². The maximum Gasteiger partial charge on any atom is 0.265 e. The van der Waals surface area contributed by atoms with Crippen molar-refractivity contribution in [1.29, 1.82) is 0 Å². The molecule has 76 valence electrons. The molecule has 2 rings (SSSR count). The van der Waals surface area contributed by atoms with E-state index in [1.54, 1.807) is 0 Å². The van der Waals surface area contributed by atoms with Crippen LogP contribution in [0.3, 0.4) is 0 Å². The largest absolute Gasteiger partial charge is 0.338 e. The lowest BCUT2D eigenvalue weighted by Crippen LogP contribution is -2.27. The van der Waals surface area contributed by atoms with E-state index in [0.717, 1.165) is 31.5 Å². The number of aryl methyl sites for hydroxylation is 1. The minimum absolute atomic E-state index is 0.102. The molecule has 0 atom stereocenters. The molecule has 1 aromatic heterocycles. The molecule has 0 aliphatic carbocycles. The molecule has 1 saturated heterocycles. The first-order valence-corrected chi connectivity index (χ1v) is 5.99. The Morgan fingerprint density at radius 1 is 1.50 bits per heavy atom. The molecule has 2 nitrogen and oxygen atoms in total. The summed E-state index contributed by atoms with van der Waals surface area (Å²) >= 11 is 7.49. The zero-order chi connectivity index (χ0) is 10.1. The number of carbonyl (C=O) groups is 1. The third-order valence-corrected chi connectivity index (χ3v) is 4.17. The third-order valence-electron chi connectivity index (χ3n) is 2.49. The highest BCUT2D eigenvalue weighted by Crippen LogP contribution is 2.29. The van der Waals surface area contributed by atoms with Crippen LogP contribution < -0.4 is 0 Å². The van der Waals surface area contributed by atoms with Crippen molar-refractivity contribution in [3.05, 3.63) is 20.8 Å². The van der Waals surface area contributed by atoms with Gasteiger partial charge < -0.3 is 4.90 Å². The van der Waals surface area contributed by atoms with Gasteiger partial charge in [0.25, 0.3) is 5.91 Å². The van der Waals surface area contributed by atoms with Crippen LogP contribution in [0.4, 0.5) is 0 Å². The number of carbonyl (C=O) groups excluding carboxylic acids is 1. The highest BCUT2D eigenvalue weighted by molar-refractivity contribution is 7.13. The molecule has 1 fully saturated rings. The predicted molar refractivity (Wildman–Crippen MR) is 59.2 cm³/mol. The topological polar surface area (TPSA) is 20.3 Å². The van der Waals surface area contributed by atoms with E-state index in [1.807, 2.05) is 17.2 Å². The molecular formula is C10H12ClNOS. The second-order valence-electron chi connectivity index (χ2n) is 3.56. The molecule has 0 radical (unpaired) electrons. The van der Waals surface area contributed by atoms with E-state index in [9.17, 15) is 4.79 Å². The van der Waals surface area contributed by atoms with Gasteiger partial charge in [0.05, 0.1) is 5.02 Å². The van der Waals surface area contributed by atoms with Crippen LogP contribution in [0, 0.1) is 6.92 Å². The Morgan fingerprint density at radius 3 is 2.64 bits per heavy atom. The second kappa shape index (κ2) is 3.91. The summed E-state index contributed by atoms with van der Waals surface area (Å²) in [6.45, 7) is 3.69. The molecule has 4 heteroatoms. The molecule has 0 unspecified atom stereocenters. The fourth-order valence-electron chi connectivity index (χ4n) is 1.64. The van der Waals surface area contributed by atoms with Crippen molar-refractivity contribution < 1.29 is 4.79 Å². The van der Waals surface area contributed by atoms with Crippen molar-refractivity contribution >= 4 is 28.8 Å². The zero-order valence-electron chi connectivity index (χ0n) is 8.05. The lowest BCUT2D eigenvalue weighted by molar-refractivity contribution is 0.0797. The van der Waals surface area contributed by atoms with Crippen LogP contribution in [0.1, 0.15) is 28.1 Å². The van der Waals surface area contributed by atoms with Crippen molar-refractivity contribution in [2.24, 2.45) is 0 Å². The van der Waals surface area contributed by atoms with Crippen LogP contribution in [0.15, 0.2) is 5.38 Å². The van der Waals surface area contributed by atoms with Crippen LogP contribution in [0.5, 0.6) is 0 Å². The van der Waals surface area contributed by atoms with E-state index in [-0.39, 0.29) is 5.91 Å². The van der Waals surface area contributed by atoms with E-state index in [1.165, 1.54) is 11.3 Å². The minimum Gasteiger partial charge on any atom is -0.338 e. The van der Waals surface area contributed by atoms with Crippen molar-refractivity contribution in [3.8, 4) is 0 Å². The summed E-state index contributed by atoms with van der Waals surface area (Å²) in [5.41, 5.74) is 0.999. The lowest BCUT2D eigenvalue weighted by Gasteiger charge is -2.13. The Bertz CT molecular complexity index is 355. The molecule has 0 saturated carbocycles. The third kappa shape index (κ3) is 1.66. The first-order chi connectivity index (χ1) is 6.70. The molecule has 0 N–H and O–H groups in total. The molecule has 2 heterocycles. The summed E-state index contributed by atoms with van der Waals surface area (Å²) in [5.74, 6) is 0.102. The molecule has 0 spiro atoms. The van der Waals surface area contributed by atoms with Gasteiger partial charge in [-0.15, -0.1) is 11.3 Å². The fraction of sp³-hybridized carbons (Fsp3) is 0.500. The fourth-order valence-corrected chi connectivity index (χ4v) is 2.88. The first kappa shape index (κ1) is 9.99. The predicted octanol–water partition coefficient (Wildman–Crippen LogP) is 2.95. The number of thiophene rings is 1. The molecule has 1 aliphatic rings. The van der Waals surface area contributed by atoms with Gasteiger partial charge in [-0.3, -0.25) is 4.79 Å². The number of hydrogen-bond acceptors (Lipinski definition) is 2. The van der Waals surface area contributed by atoms with Crippen molar-refractivity contribution in [2.45, 2.75) is 19.8 Å².